The molecular weight excluding hydrogens is 360 g/mol. The molecule has 2 aliphatic rings. The highest BCUT2D eigenvalue weighted by molar-refractivity contribution is 6.74. The molecule has 27 heavy (non-hydrogen) atoms. The van der Waals surface area contributed by atoms with Crippen molar-refractivity contribution < 1.29 is 23.7 Å². The molecule has 1 aromatic rings. The maximum absolute atomic E-state index is 9.94. The Labute approximate surface area is 164 Å². The monoisotopic (exact) mass is 394 g/mol. The summed E-state index contributed by atoms with van der Waals surface area (Å²) in [5.74, 6) is 0. The lowest BCUT2D eigenvalue weighted by atomic mass is 10.0. The molecule has 6 heteroatoms. The summed E-state index contributed by atoms with van der Waals surface area (Å²) in [4.78, 5) is 0. The van der Waals surface area contributed by atoms with Crippen molar-refractivity contribution in [2.75, 3.05) is 13.2 Å². The van der Waals surface area contributed by atoms with E-state index in [1.165, 1.54) is 0 Å². The van der Waals surface area contributed by atoms with Crippen molar-refractivity contribution in [2.24, 2.45) is 0 Å². The molecule has 0 aliphatic carbocycles. The van der Waals surface area contributed by atoms with Gasteiger partial charge in [-0.3, -0.25) is 0 Å². The Bertz CT molecular complexity index is 600. The fourth-order valence-corrected chi connectivity index (χ4v) is 4.80. The quantitative estimate of drug-likeness (QED) is 0.782. The smallest absolute Gasteiger partial charge is 0.192 e. The second-order valence-corrected chi connectivity index (χ2v) is 13.9. The molecule has 1 aromatic carbocycles. The highest BCUT2D eigenvalue weighted by Gasteiger charge is 2.44. The summed E-state index contributed by atoms with van der Waals surface area (Å²) in [6.07, 6.45) is 0.630. The third-order valence-electron chi connectivity index (χ3n) is 6.13. The van der Waals surface area contributed by atoms with E-state index in [1.54, 1.807) is 0 Å². The maximum Gasteiger partial charge on any atom is 0.192 e. The van der Waals surface area contributed by atoms with Crippen LogP contribution in [0.15, 0.2) is 30.3 Å². The van der Waals surface area contributed by atoms with Gasteiger partial charge in [0.15, 0.2) is 14.6 Å². The van der Waals surface area contributed by atoms with Crippen LogP contribution in [0.3, 0.4) is 0 Å². The second-order valence-electron chi connectivity index (χ2n) is 9.14. The Hall–Kier alpha value is -0.763. The van der Waals surface area contributed by atoms with Crippen LogP contribution in [-0.2, 0) is 18.6 Å². The number of benzene rings is 1. The standard InChI is InChI=1S/C21H34O5Si/c1-21(2,3)27(4,5)26-17-12-11-16-19(24-18(17)13-22)14-23-20(25-16)15-9-7-6-8-10-15/h6-10,16-20,22H,11-14H2,1-5H3/t16-,17+,18-,19+,20+/m0/s1. The lowest BCUT2D eigenvalue weighted by molar-refractivity contribution is -0.271. The fourth-order valence-electron chi connectivity index (χ4n) is 3.42. The molecule has 152 valence electrons. The first-order valence-electron chi connectivity index (χ1n) is 9.97. The topological polar surface area (TPSA) is 57.2 Å². The molecule has 0 bridgehead atoms. The molecule has 2 saturated heterocycles. The zero-order valence-corrected chi connectivity index (χ0v) is 18.2. The number of hydrogen-bond donors (Lipinski definition) is 1. The number of aliphatic hydroxyl groups excluding tert-OH is 1. The molecule has 5 nitrogen and oxygen atoms in total. The number of rotatable bonds is 4. The molecule has 0 amide bonds. The minimum Gasteiger partial charge on any atom is -0.411 e. The van der Waals surface area contributed by atoms with Crippen LogP contribution in [0.4, 0.5) is 0 Å². The Morgan fingerprint density at radius 2 is 1.78 bits per heavy atom. The molecule has 2 fully saturated rings. The molecule has 0 saturated carbocycles. The first-order chi connectivity index (χ1) is 12.7. The Balaban J connectivity index is 1.69. The predicted octanol–water partition coefficient (Wildman–Crippen LogP) is 4.03. The normalized spacial score (nSPS) is 32.6. The summed E-state index contributed by atoms with van der Waals surface area (Å²) >= 11 is 0. The number of hydrogen-bond acceptors (Lipinski definition) is 5. The third-order valence-corrected chi connectivity index (χ3v) is 10.6. The first-order valence-corrected chi connectivity index (χ1v) is 12.9. The number of fused-ring (bicyclic) bond motifs is 1. The van der Waals surface area contributed by atoms with Crippen LogP contribution in [0.25, 0.3) is 0 Å². The summed E-state index contributed by atoms with van der Waals surface area (Å²) in [5, 5.41) is 10.1. The van der Waals surface area contributed by atoms with Gasteiger partial charge in [-0.2, -0.15) is 0 Å². The zero-order chi connectivity index (χ0) is 19.7. The van der Waals surface area contributed by atoms with E-state index in [1.807, 2.05) is 30.3 Å². The Kier molecular flexibility index (Phi) is 6.45. The Morgan fingerprint density at radius 3 is 2.41 bits per heavy atom. The van der Waals surface area contributed by atoms with Gasteiger partial charge in [-0.15, -0.1) is 0 Å². The minimum absolute atomic E-state index is 0.0500. The summed E-state index contributed by atoms with van der Waals surface area (Å²) in [6, 6.07) is 9.99. The van der Waals surface area contributed by atoms with Crippen LogP contribution < -0.4 is 0 Å². The van der Waals surface area contributed by atoms with E-state index in [4.69, 9.17) is 18.6 Å². The van der Waals surface area contributed by atoms with Gasteiger partial charge in [-0.05, 0) is 31.0 Å². The van der Waals surface area contributed by atoms with E-state index in [9.17, 15) is 5.11 Å². The van der Waals surface area contributed by atoms with Crippen molar-refractivity contribution in [2.45, 2.75) is 82.5 Å². The highest BCUT2D eigenvalue weighted by atomic mass is 28.4. The van der Waals surface area contributed by atoms with E-state index in [0.29, 0.717) is 6.61 Å². The molecule has 2 aliphatic heterocycles. The summed E-state index contributed by atoms with van der Waals surface area (Å²) < 4.78 is 25.0. The molecule has 1 N–H and O–H groups in total. The van der Waals surface area contributed by atoms with Crippen molar-refractivity contribution in [1.29, 1.82) is 0 Å². The molecule has 0 radical (unpaired) electrons. The zero-order valence-electron chi connectivity index (χ0n) is 17.2. The summed E-state index contributed by atoms with van der Waals surface area (Å²) in [5.41, 5.74) is 1.02. The van der Waals surface area contributed by atoms with Gasteiger partial charge in [0.05, 0.1) is 25.4 Å². The van der Waals surface area contributed by atoms with Crippen molar-refractivity contribution in [3.05, 3.63) is 35.9 Å². The maximum atomic E-state index is 9.94. The molecule has 5 atom stereocenters. The molecule has 0 aromatic heterocycles. The van der Waals surface area contributed by atoms with Crippen LogP contribution in [0.2, 0.25) is 18.1 Å². The molecule has 0 unspecified atom stereocenters. The molecule has 3 rings (SSSR count). The average molecular weight is 395 g/mol. The fraction of sp³-hybridized carbons (Fsp3) is 0.714. The summed E-state index contributed by atoms with van der Waals surface area (Å²) in [6.45, 7) is 11.6. The van der Waals surface area contributed by atoms with Crippen LogP contribution in [0, 0.1) is 0 Å². The van der Waals surface area contributed by atoms with E-state index in [-0.39, 0.29) is 42.4 Å². The van der Waals surface area contributed by atoms with Crippen LogP contribution in [-0.4, -0.2) is 51.1 Å². The van der Waals surface area contributed by atoms with Gasteiger partial charge in [0, 0.05) is 5.56 Å². The van der Waals surface area contributed by atoms with Crippen LogP contribution >= 0.6 is 0 Å². The number of ether oxygens (including phenoxy) is 3. The van der Waals surface area contributed by atoms with Crippen molar-refractivity contribution >= 4 is 8.32 Å². The van der Waals surface area contributed by atoms with Gasteiger partial charge in [-0.25, -0.2) is 0 Å². The van der Waals surface area contributed by atoms with E-state index >= 15 is 0 Å². The minimum atomic E-state index is -1.95. The van der Waals surface area contributed by atoms with Gasteiger partial charge >= 0.3 is 0 Å². The molecular formula is C21H34O5Si. The van der Waals surface area contributed by atoms with Crippen LogP contribution in [0.5, 0.6) is 0 Å². The lowest BCUT2D eigenvalue weighted by Crippen LogP contribution is -2.49. The van der Waals surface area contributed by atoms with E-state index in [0.717, 1.165) is 18.4 Å². The predicted molar refractivity (Wildman–Crippen MR) is 107 cm³/mol. The van der Waals surface area contributed by atoms with Gasteiger partial charge in [0.25, 0.3) is 0 Å². The van der Waals surface area contributed by atoms with Gasteiger partial charge in [-0.1, -0.05) is 51.1 Å². The van der Waals surface area contributed by atoms with E-state index in [2.05, 4.69) is 33.9 Å². The van der Waals surface area contributed by atoms with Crippen molar-refractivity contribution in [1.82, 2.24) is 0 Å². The average Bonchev–Trinajstić information content (AvgIpc) is 2.80. The highest BCUT2D eigenvalue weighted by Crippen LogP contribution is 2.40. The third kappa shape index (κ3) is 4.81. The van der Waals surface area contributed by atoms with E-state index < -0.39 is 8.32 Å². The molecule has 2 heterocycles. The van der Waals surface area contributed by atoms with Gasteiger partial charge in [0.2, 0.25) is 0 Å². The molecule has 0 spiro atoms. The Morgan fingerprint density at radius 1 is 1.07 bits per heavy atom. The lowest BCUT2D eigenvalue weighted by Gasteiger charge is -2.41. The summed E-state index contributed by atoms with van der Waals surface area (Å²) in [7, 11) is -1.95. The van der Waals surface area contributed by atoms with Crippen molar-refractivity contribution in [3.8, 4) is 0 Å². The van der Waals surface area contributed by atoms with Gasteiger partial charge in [0.1, 0.15) is 12.2 Å². The largest absolute Gasteiger partial charge is 0.411 e. The second kappa shape index (κ2) is 8.31. The first kappa shape index (κ1) is 21.0. The van der Waals surface area contributed by atoms with Crippen LogP contribution in [0.1, 0.15) is 45.5 Å². The SMILES string of the molecule is CC(C)(C)[Si](C)(C)O[C@@H]1CC[C@@H]2O[C@H](c3ccccc3)OC[C@H]2O[C@H]1CO. The number of aliphatic hydroxyl groups is 1. The van der Waals surface area contributed by atoms with Gasteiger partial charge < -0.3 is 23.7 Å². The van der Waals surface area contributed by atoms with Crippen molar-refractivity contribution in [3.63, 3.8) is 0 Å².